The van der Waals surface area contributed by atoms with Crippen LogP contribution in [0, 0.1) is 5.41 Å². The van der Waals surface area contributed by atoms with Crippen molar-refractivity contribution in [2.75, 3.05) is 25.6 Å². The zero-order chi connectivity index (χ0) is 34.6. The fourth-order valence-electron chi connectivity index (χ4n) is 5.56. The van der Waals surface area contributed by atoms with Gasteiger partial charge in [0, 0.05) is 38.0 Å². The number of fused-ring (bicyclic) bond motifs is 4. The van der Waals surface area contributed by atoms with Gasteiger partial charge in [0.2, 0.25) is 11.8 Å². The van der Waals surface area contributed by atoms with Crippen molar-refractivity contribution in [2.45, 2.75) is 58.2 Å². The number of aromatic nitrogens is 1. The minimum absolute atomic E-state index is 0.114. The number of pyridine rings is 1. The van der Waals surface area contributed by atoms with E-state index in [1.807, 2.05) is 36.4 Å². The summed E-state index contributed by atoms with van der Waals surface area (Å²) in [7, 11) is 3.24. The van der Waals surface area contributed by atoms with Gasteiger partial charge >= 0.3 is 0 Å². The number of amides is 5. The Morgan fingerprint density at radius 2 is 1.73 bits per heavy atom. The van der Waals surface area contributed by atoms with Gasteiger partial charge in [0.1, 0.15) is 23.9 Å². The van der Waals surface area contributed by atoms with Crippen LogP contribution >= 0.6 is 0 Å². The van der Waals surface area contributed by atoms with E-state index in [4.69, 9.17) is 4.98 Å². The maximum absolute atomic E-state index is 13.7. The number of carbonyl (C=O) groups excluding carboxylic acids is 5. The Bertz CT molecular complexity index is 1760. The van der Waals surface area contributed by atoms with Crippen molar-refractivity contribution >= 4 is 52.3 Å². The first-order chi connectivity index (χ1) is 22.8. The lowest BCUT2D eigenvalue weighted by molar-refractivity contribution is -0.143. The Labute approximate surface area is 279 Å². The standard InChI is InChI=1S/C35H42N8O5/c1-21-33(47)43-18-6-7-26(40-43)32(46)41-42(5)29-15-14-24-11-8-23(19-27(24)38-29)16-17-35(2,3)34(48)39-28(31(45)37-21)20-22-9-12-25(13-10-22)30(44)36-4/h8-17,19,21,26,28,40H,6-7,18,20H2,1-5H3,(H,36,44)(H,37,45)(H,39,48)(H,41,46)/b17-16+. The topological polar surface area (TPSA) is 165 Å². The maximum atomic E-state index is 13.7. The van der Waals surface area contributed by atoms with E-state index in [0.717, 1.165) is 10.9 Å². The summed E-state index contributed by atoms with van der Waals surface area (Å²) in [6.45, 7) is 5.42. The molecule has 13 heteroatoms. The molecule has 3 heterocycles. The normalized spacial score (nSPS) is 22.8. The van der Waals surface area contributed by atoms with Gasteiger partial charge < -0.3 is 16.0 Å². The zero-order valence-corrected chi connectivity index (χ0v) is 27.8. The molecule has 1 fully saturated rings. The molecule has 1 aromatic heterocycles. The molecular formula is C35H42N8O5. The van der Waals surface area contributed by atoms with Gasteiger partial charge in [0.05, 0.1) is 10.9 Å². The second kappa shape index (κ2) is 14.2. The van der Waals surface area contributed by atoms with Crippen LogP contribution in [0.3, 0.4) is 0 Å². The fraction of sp³-hybridized carbons (Fsp3) is 0.371. The van der Waals surface area contributed by atoms with E-state index < -0.39 is 41.3 Å². The Balaban J connectivity index is 1.48. The van der Waals surface area contributed by atoms with Gasteiger partial charge in [0.25, 0.3) is 17.7 Å². The first kappa shape index (κ1) is 34.0. The molecule has 2 aromatic carbocycles. The zero-order valence-electron chi connectivity index (χ0n) is 27.8. The molecular weight excluding hydrogens is 612 g/mol. The van der Waals surface area contributed by atoms with Crippen molar-refractivity contribution in [1.82, 2.24) is 36.8 Å². The lowest BCUT2D eigenvalue weighted by atomic mass is 9.90. The highest BCUT2D eigenvalue weighted by Crippen LogP contribution is 2.23. The summed E-state index contributed by atoms with van der Waals surface area (Å²) in [5.41, 5.74) is 7.52. The fourth-order valence-corrected chi connectivity index (χ4v) is 5.56. The SMILES string of the molecule is CNC(=O)c1ccc(CC2NC(=O)C(C)(C)/C=C/c3ccc4ccc(nc4c3)N(C)NC(=O)C3CCCN(N3)C(=O)C(C)NC2=O)cc1. The molecule has 3 aromatic rings. The number of nitrogens with zero attached hydrogens (tertiary/aromatic N) is 3. The van der Waals surface area contributed by atoms with E-state index in [0.29, 0.717) is 41.8 Å². The second-order valence-corrected chi connectivity index (χ2v) is 12.8. The van der Waals surface area contributed by atoms with E-state index in [-0.39, 0.29) is 18.2 Å². The van der Waals surface area contributed by atoms with Gasteiger partial charge in [0.15, 0.2) is 0 Å². The molecule has 13 nitrogen and oxygen atoms in total. The summed E-state index contributed by atoms with van der Waals surface area (Å²) in [5, 5.41) is 12.0. The predicted molar refractivity (Wildman–Crippen MR) is 182 cm³/mol. The van der Waals surface area contributed by atoms with E-state index in [1.165, 1.54) is 10.0 Å². The van der Waals surface area contributed by atoms with Crippen LogP contribution in [0.15, 0.2) is 60.7 Å². The molecule has 0 saturated carbocycles. The van der Waals surface area contributed by atoms with Crippen LogP contribution in [0.2, 0.25) is 0 Å². The summed E-state index contributed by atoms with van der Waals surface area (Å²) in [6, 6.07) is 13.5. The van der Waals surface area contributed by atoms with E-state index >= 15 is 0 Å². The lowest BCUT2D eigenvalue weighted by Gasteiger charge is -2.35. The Kier molecular flexibility index (Phi) is 10.1. The summed E-state index contributed by atoms with van der Waals surface area (Å²) < 4.78 is 0. The highest BCUT2D eigenvalue weighted by atomic mass is 16.2. The number of hydrogen-bond donors (Lipinski definition) is 5. The number of nitrogens with one attached hydrogen (secondary N) is 5. The second-order valence-electron chi connectivity index (χ2n) is 12.8. The molecule has 5 rings (SSSR count). The maximum Gasteiger partial charge on any atom is 0.258 e. The Hall–Kier alpha value is -5.30. The largest absolute Gasteiger partial charge is 0.355 e. The highest BCUT2D eigenvalue weighted by molar-refractivity contribution is 5.95. The first-order valence-corrected chi connectivity index (χ1v) is 16.0. The van der Waals surface area contributed by atoms with Gasteiger partial charge in [-0.2, -0.15) is 0 Å². The van der Waals surface area contributed by atoms with Crippen LogP contribution in [0.5, 0.6) is 0 Å². The number of hydrogen-bond acceptors (Lipinski definition) is 8. The lowest BCUT2D eigenvalue weighted by Crippen LogP contribution is -2.62. The average Bonchev–Trinajstić information content (AvgIpc) is 3.09. The van der Waals surface area contributed by atoms with Crippen molar-refractivity contribution < 1.29 is 24.0 Å². The molecule has 48 heavy (non-hydrogen) atoms. The molecule has 2 aliphatic rings. The molecule has 2 aliphatic heterocycles. The monoisotopic (exact) mass is 654 g/mol. The summed E-state index contributed by atoms with van der Waals surface area (Å²) in [5.74, 6) is -1.41. The van der Waals surface area contributed by atoms with E-state index in [9.17, 15) is 24.0 Å². The van der Waals surface area contributed by atoms with Crippen LogP contribution in [0.25, 0.3) is 17.0 Å². The number of anilines is 1. The molecule has 1 saturated heterocycles. The molecule has 5 amide bonds. The number of rotatable bonds is 3. The van der Waals surface area contributed by atoms with E-state index in [1.54, 1.807) is 65.2 Å². The molecule has 3 atom stereocenters. The van der Waals surface area contributed by atoms with Crippen LogP contribution in [-0.4, -0.2) is 78.3 Å². The molecule has 0 radical (unpaired) electrons. The minimum Gasteiger partial charge on any atom is -0.355 e. The summed E-state index contributed by atoms with van der Waals surface area (Å²) >= 11 is 0. The number of carbonyl (C=O) groups is 5. The molecule has 0 aliphatic carbocycles. The van der Waals surface area contributed by atoms with Crippen LogP contribution in [0.4, 0.5) is 5.82 Å². The van der Waals surface area contributed by atoms with Gasteiger partial charge in [-0.15, -0.1) is 0 Å². The van der Waals surface area contributed by atoms with Crippen molar-refractivity contribution in [2.24, 2.45) is 5.41 Å². The number of hydrazine groups is 2. The van der Waals surface area contributed by atoms with Crippen molar-refractivity contribution in [3.63, 3.8) is 0 Å². The predicted octanol–water partition coefficient (Wildman–Crippen LogP) is 1.84. The van der Waals surface area contributed by atoms with Crippen LogP contribution in [0.1, 0.15) is 55.1 Å². The van der Waals surface area contributed by atoms with Gasteiger partial charge in [-0.3, -0.25) is 39.4 Å². The summed E-state index contributed by atoms with van der Waals surface area (Å²) in [6.07, 6.45) is 4.79. The minimum atomic E-state index is -1.04. The smallest absolute Gasteiger partial charge is 0.258 e. The van der Waals surface area contributed by atoms with Gasteiger partial charge in [-0.25, -0.2) is 10.4 Å². The molecule has 5 N–H and O–H groups in total. The van der Waals surface area contributed by atoms with Crippen molar-refractivity contribution in [3.05, 3.63) is 77.4 Å². The average molecular weight is 655 g/mol. The summed E-state index contributed by atoms with van der Waals surface area (Å²) in [4.78, 5) is 71.0. The Morgan fingerprint density at radius 3 is 2.46 bits per heavy atom. The van der Waals surface area contributed by atoms with Crippen molar-refractivity contribution in [1.29, 1.82) is 0 Å². The highest BCUT2D eigenvalue weighted by Gasteiger charge is 2.34. The van der Waals surface area contributed by atoms with Gasteiger partial charge in [-0.05, 0) is 75.1 Å². The molecule has 5 bridgehead atoms. The molecule has 0 spiro atoms. The molecule has 252 valence electrons. The van der Waals surface area contributed by atoms with E-state index in [2.05, 4.69) is 26.8 Å². The first-order valence-electron chi connectivity index (χ1n) is 16.0. The molecule has 3 unspecified atom stereocenters. The van der Waals surface area contributed by atoms with Crippen molar-refractivity contribution in [3.8, 4) is 0 Å². The third kappa shape index (κ3) is 7.80. The quantitative estimate of drug-likeness (QED) is 0.286. The third-order valence-electron chi connectivity index (χ3n) is 8.60. The number of benzene rings is 2. The third-order valence-corrected chi connectivity index (χ3v) is 8.60. The Morgan fingerprint density at radius 1 is 1.00 bits per heavy atom. The van der Waals surface area contributed by atoms with Crippen LogP contribution < -0.4 is 31.8 Å². The van der Waals surface area contributed by atoms with Crippen LogP contribution in [-0.2, 0) is 25.6 Å². The van der Waals surface area contributed by atoms with Gasteiger partial charge in [-0.1, -0.05) is 36.4 Å².